The van der Waals surface area contributed by atoms with Crippen LogP contribution in [0.5, 0.6) is 5.75 Å². The zero-order valence-corrected chi connectivity index (χ0v) is 11.0. The van der Waals surface area contributed by atoms with E-state index in [1.807, 2.05) is 6.07 Å². The topological polar surface area (TPSA) is 78.2 Å². The molecular weight excluding hydrogens is 262 g/mol. The van der Waals surface area contributed by atoms with Crippen LogP contribution in [0, 0.1) is 11.3 Å². The molecule has 2 aromatic carbocycles. The van der Waals surface area contributed by atoms with Crippen LogP contribution >= 0.6 is 0 Å². The van der Waals surface area contributed by atoms with Crippen LogP contribution in [0.1, 0.15) is 5.56 Å². The van der Waals surface area contributed by atoms with Gasteiger partial charge in [-0.25, -0.2) is 8.42 Å². The second kappa shape index (κ2) is 4.75. The minimum atomic E-state index is -3.21. The Bertz CT molecular complexity index is 756. The van der Waals surface area contributed by atoms with Gasteiger partial charge >= 0.3 is 0 Å². The fourth-order valence-corrected chi connectivity index (χ4v) is 2.33. The van der Waals surface area contributed by atoms with Crippen LogP contribution in [0.4, 0.5) is 0 Å². The van der Waals surface area contributed by atoms with E-state index in [1.165, 1.54) is 18.2 Å². The Hall–Kier alpha value is -2.32. The molecule has 1 N–H and O–H groups in total. The largest absolute Gasteiger partial charge is 0.507 e. The summed E-state index contributed by atoms with van der Waals surface area (Å²) in [6.07, 6.45) is 1.15. The Balaban J connectivity index is 2.47. The highest BCUT2D eigenvalue weighted by Crippen LogP contribution is 2.26. The zero-order chi connectivity index (χ0) is 14.0. The first-order chi connectivity index (χ1) is 8.91. The number of hydrogen-bond donors (Lipinski definition) is 1. The highest BCUT2D eigenvalue weighted by molar-refractivity contribution is 7.90. The van der Waals surface area contributed by atoms with E-state index >= 15 is 0 Å². The van der Waals surface area contributed by atoms with Gasteiger partial charge in [0.15, 0.2) is 9.84 Å². The number of aromatic hydroxyl groups is 1. The van der Waals surface area contributed by atoms with Crippen molar-refractivity contribution in [2.24, 2.45) is 0 Å². The van der Waals surface area contributed by atoms with E-state index in [4.69, 9.17) is 5.26 Å². The molecule has 19 heavy (non-hydrogen) atoms. The summed E-state index contributed by atoms with van der Waals surface area (Å²) in [6.45, 7) is 0. The first-order valence-corrected chi connectivity index (χ1v) is 7.34. The van der Waals surface area contributed by atoms with Crippen molar-refractivity contribution in [3.63, 3.8) is 0 Å². The molecule has 96 valence electrons. The molecule has 0 heterocycles. The van der Waals surface area contributed by atoms with Crippen LogP contribution in [-0.4, -0.2) is 19.8 Å². The first kappa shape index (κ1) is 13.1. The van der Waals surface area contributed by atoms with Crippen molar-refractivity contribution in [3.8, 4) is 22.9 Å². The van der Waals surface area contributed by atoms with E-state index in [9.17, 15) is 13.5 Å². The van der Waals surface area contributed by atoms with E-state index in [1.54, 1.807) is 24.3 Å². The Morgan fingerprint density at radius 2 is 1.63 bits per heavy atom. The van der Waals surface area contributed by atoms with Crippen molar-refractivity contribution in [2.45, 2.75) is 4.90 Å². The molecule has 0 aliphatic rings. The van der Waals surface area contributed by atoms with Crippen LogP contribution in [0.15, 0.2) is 47.4 Å². The van der Waals surface area contributed by atoms with Crippen molar-refractivity contribution < 1.29 is 13.5 Å². The molecule has 0 spiro atoms. The standard InChI is InChI=1S/C14H11NO3S/c1-19(17,18)13-5-2-10(3-6-13)11-4-7-14(16)12(8-11)9-15/h2-8,16H,1H3. The predicted octanol–water partition coefficient (Wildman–Crippen LogP) is 2.33. The molecule has 0 saturated heterocycles. The number of benzene rings is 2. The summed E-state index contributed by atoms with van der Waals surface area (Å²) in [5, 5.41) is 18.3. The van der Waals surface area contributed by atoms with Gasteiger partial charge in [-0.3, -0.25) is 0 Å². The Morgan fingerprint density at radius 3 is 2.16 bits per heavy atom. The van der Waals surface area contributed by atoms with Gasteiger partial charge < -0.3 is 5.11 Å². The fraction of sp³-hybridized carbons (Fsp3) is 0.0714. The average Bonchev–Trinajstić information content (AvgIpc) is 2.38. The van der Waals surface area contributed by atoms with E-state index < -0.39 is 9.84 Å². The maximum absolute atomic E-state index is 11.3. The first-order valence-electron chi connectivity index (χ1n) is 5.45. The second-order valence-electron chi connectivity index (χ2n) is 4.14. The second-order valence-corrected chi connectivity index (χ2v) is 6.16. The van der Waals surface area contributed by atoms with Gasteiger partial charge in [0.05, 0.1) is 10.5 Å². The molecule has 0 fully saturated rings. The number of phenols is 1. The lowest BCUT2D eigenvalue weighted by Gasteiger charge is -2.05. The van der Waals surface area contributed by atoms with Gasteiger partial charge in [-0.1, -0.05) is 18.2 Å². The Labute approximate surface area is 111 Å². The quantitative estimate of drug-likeness (QED) is 0.910. The lowest BCUT2D eigenvalue weighted by molar-refractivity contribution is 0.473. The maximum Gasteiger partial charge on any atom is 0.175 e. The summed E-state index contributed by atoms with van der Waals surface area (Å²) in [7, 11) is -3.21. The minimum absolute atomic E-state index is 0.0704. The Kier molecular flexibility index (Phi) is 3.28. The van der Waals surface area contributed by atoms with Gasteiger partial charge in [0, 0.05) is 6.26 Å². The lowest BCUT2D eigenvalue weighted by atomic mass is 10.0. The maximum atomic E-state index is 11.3. The average molecular weight is 273 g/mol. The van der Waals surface area contributed by atoms with Gasteiger partial charge in [0.25, 0.3) is 0 Å². The molecular formula is C14H11NO3S. The summed E-state index contributed by atoms with van der Waals surface area (Å²) >= 11 is 0. The normalized spacial score (nSPS) is 10.9. The molecule has 0 unspecified atom stereocenters. The molecule has 2 rings (SSSR count). The smallest absolute Gasteiger partial charge is 0.175 e. The number of sulfone groups is 1. The van der Waals surface area contributed by atoms with Gasteiger partial charge in [-0.2, -0.15) is 5.26 Å². The van der Waals surface area contributed by atoms with Gasteiger partial charge in [-0.15, -0.1) is 0 Å². The molecule has 0 saturated carbocycles. The van der Waals surface area contributed by atoms with Crippen LogP contribution < -0.4 is 0 Å². The van der Waals surface area contributed by atoms with Crippen molar-refractivity contribution in [1.82, 2.24) is 0 Å². The summed E-state index contributed by atoms with van der Waals surface area (Å²) < 4.78 is 22.7. The molecule has 0 bridgehead atoms. The van der Waals surface area contributed by atoms with E-state index in [0.717, 1.165) is 17.4 Å². The molecule has 0 aliphatic heterocycles. The number of nitrogens with zero attached hydrogens (tertiary/aromatic N) is 1. The SMILES string of the molecule is CS(=O)(=O)c1ccc(-c2ccc(O)c(C#N)c2)cc1. The van der Waals surface area contributed by atoms with Crippen LogP contribution in [0.3, 0.4) is 0 Å². The summed E-state index contributed by atoms with van der Waals surface area (Å²) in [4.78, 5) is 0.246. The highest BCUT2D eigenvalue weighted by Gasteiger charge is 2.08. The van der Waals surface area contributed by atoms with Crippen LogP contribution in [-0.2, 0) is 9.84 Å². The van der Waals surface area contributed by atoms with E-state index in [0.29, 0.717) is 0 Å². The molecule has 0 aliphatic carbocycles. The minimum Gasteiger partial charge on any atom is -0.507 e. The predicted molar refractivity (Wildman–Crippen MR) is 71.4 cm³/mol. The van der Waals surface area contributed by atoms with Crippen molar-refractivity contribution >= 4 is 9.84 Å². The summed E-state index contributed by atoms with van der Waals surface area (Å²) in [5.74, 6) is -0.0704. The molecule has 4 nitrogen and oxygen atoms in total. The van der Waals surface area contributed by atoms with Gasteiger partial charge in [-0.05, 0) is 35.4 Å². The molecule has 2 aromatic rings. The summed E-state index contributed by atoms with van der Waals surface area (Å²) in [5.41, 5.74) is 1.71. The van der Waals surface area contributed by atoms with Crippen LogP contribution in [0.2, 0.25) is 0 Å². The van der Waals surface area contributed by atoms with Crippen LogP contribution in [0.25, 0.3) is 11.1 Å². The molecule has 5 heteroatoms. The number of hydrogen-bond acceptors (Lipinski definition) is 4. The lowest BCUT2D eigenvalue weighted by Crippen LogP contribution is -1.96. The van der Waals surface area contributed by atoms with Crippen molar-refractivity contribution in [2.75, 3.05) is 6.26 Å². The number of nitriles is 1. The van der Waals surface area contributed by atoms with Crippen molar-refractivity contribution in [1.29, 1.82) is 5.26 Å². The number of rotatable bonds is 2. The summed E-state index contributed by atoms with van der Waals surface area (Å²) in [6, 6.07) is 12.9. The molecule has 0 atom stereocenters. The highest BCUT2D eigenvalue weighted by atomic mass is 32.2. The Morgan fingerprint density at radius 1 is 1.05 bits per heavy atom. The van der Waals surface area contributed by atoms with E-state index in [2.05, 4.69) is 0 Å². The number of phenolic OH excluding ortho intramolecular Hbond substituents is 1. The molecule has 0 amide bonds. The molecule has 0 aromatic heterocycles. The third-order valence-electron chi connectivity index (χ3n) is 2.73. The van der Waals surface area contributed by atoms with Gasteiger partial charge in [0.2, 0.25) is 0 Å². The molecule has 0 radical (unpaired) electrons. The van der Waals surface area contributed by atoms with Crippen molar-refractivity contribution in [3.05, 3.63) is 48.0 Å². The third-order valence-corrected chi connectivity index (χ3v) is 3.86. The van der Waals surface area contributed by atoms with E-state index in [-0.39, 0.29) is 16.2 Å². The van der Waals surface area contributed by atoms with Gasteiger partial charge in [0.1, 0.15) is 11.8 Å². The monoisotopic (exact) mass is 273 g/mol. The third kappa shape index (κ3) is 2.75. The zero-order valence-electron chi connectivity index (χ0n) is 10.2. The fourth-order valence-electron chi connectivity index (χ4n) is 1.70.